The number of esters is 1. The molecule has 0 aliphatic heterocycles. The molecule has 0 fully saturated rings. The van der Waals surface area contributed by atoms with Gasteiger partial charge in [0.15, 0.2) is 11.5 Å². The van der Waals surface area contributed by atoms with Crippen LogP contribution in [0.5, 0.6) is 11.5 Å². The molecule has 2 rings (SSSR count). The molecule has 1 amide bonds. The number of pyridine rings is 1. The fraction of sp³-hybridized carbons (Fsp3) is 0.278. The third-order valence-corrected chi connectivity index (χ3v) is 4.26. The number of carbonyl (C=O) groups is 2. The van der Waals surface area contributed by atoms with Gasteiger partial charge in [0.2, 0.25) is 0 Å². The Morgan fingerprint density at radius 3 is 2.41 bits per heavy atom. The topological polar surface area (TPSA) is 86.8 Å². The number of hydrogen-bond acceptors (Lipinski definition) is 6. The molecule has 1 aromatic heterocycles. The van der Waals surface area contributed by atoms with E-state index < -0.39 is 17.9 Å². The lowest BCUT2D eigenvalue weighted by molar-refractivity contribution is -0.141. The van der Waals surface area contributed by atoms with E-state index >= 15 is 0 Å². The summed E-state index contributed by atoms with van der Waals surface area (Å²) in [5.74, 6) is -0.103. The van der Waals surface area contributed by atoms with Crippen molar-refractivity contribution in [3.05, 3.63) is 51.8 Å². The van der Waals surface area contributed by atoms with Crippen molar-refractivity contribution in [2.45, 2.75) is 12.5 Å². The van der Waals surface area contributed by atoms with Crippen molar-refractivity contribution in [3.63, 3.8) is 0 Å². The third-order valence-electron chi connectivity index (χ3n) is 3.74. The molecular weight excluding hydrogens is 395 g/mol. The van der Waals surface area contributed by atoms with Gasteiger partial charge in [-0.15, -0.1) is 0 Å². The number of benzene rings is 1. The predicted molar refractivity (Wildman–Crippen MR) is 101 cm³/mol. The smallest absolute Gasteiger partial charge is 0.307 e. The highest BCUT2D eigenvalue weighted by molar-refractivity contribution is 6.34. The van der Waals surface area contributed by atoms with Gasteiger partial charge < -0.3 is 19.5 Å². The maximum absolute atomic E-state index is 12.6. The van der Waals surface area contributed by atoms with E-state index in [1.807, 2.05) is 0 Å². The van der Waals surface area contributed by atoms with Crippen molar-refractivity contribution < 1.29 is 23.8 Å². The molecule has 0 saturated heterocycles. The molecular formula is C18H18Cl2N2O5. The molecule has 27 heavy (non-hydrogen) atoms. The van der Waals surface area contributed by atoms with Gasteiger partial charge in [-0.25, -0.2) is 4.98 Å². The van der Waals surface area contributed by atoms with Crippen LogP contribution in [0.25, 0.3) is 0 Å². The summed E-state index contributed by atoms with van der Waals surface area (Å²) in [6.45, 7) is 0. The minimum atomic E-state index is -0.707. The van der Waals surface area contributed by atoms with Crippen LogP contribution in [-0.2, 0) is 9.53 Å². The Labute approximate surface area is 166 Å². The molecule has 0 bridgehead atoms. The van der Waals surface area contributed by atoms with Gasteiger partial charge in [0.1, 0.15) is 10.8 Å². The molecule has 0 unspecified atom stereocenters. The van der Waals surface area contributed by atoms with Gasteiger partial charge in [0.05, 0.1) is 38.8 Å². The number of hydrogen-bond donors (Lipinski definition) is 1. The SMILES string of the molecule is COC(=O)C[C@H](NC(=O)c1nc(Cl)ccc1Cl)c1ccc(OC)c(OC)c1. The van der Waals surface area contributed by atoms with Crippen molar-refractivity contribution in [2.24, 2.45) is 0 Å². The first kappa shape index (κ1) is 20.8. The maximum atomic E-state index is 12.6. The summed E-state index contributed by atoms with van der Waals surface area (Å²) in [4.78, 5) is 28.4. The number of halogens is 2. The minimum Gasteiger partial charge on any atom is -0.493 e. The zero-order chi connectivity index (χ0) is 20.0. The van der Waals surface area contributed by atoms with Crippen LogP contribution in [0.2, 0.25) is 10.2 Å². The molecule has 0 saturated carbocycles. The maximum Gasteiger partial charge on any atom is 0.307 e. The number of nitrogens with one attached hydrogen (secondary N) is 1. The van der Waals surface area contributed by atoms with E-state index in [9.17, 15) is 9.59 Å². The van der Waals surface area contributed by atoms with Crippen molar-refractivity contribution >= 4 is 35.1 Å². The van der Waals surface area contributed by atoms with Crippen molar-refractivity contribution in [3.8, 4) is 11.5 Å². The first-order valence-electron chi connectivity index (χ1n) is 7.81. The van der Waals surface area contributed by atoms with Gasteiger partial charge in [0, 0.05) is 0 Å². The number of nitrogens with zero attached hydrogens (tertiary/aromatic N) is 1. The van der Waals surface area contributed by atoms with E-state index in [-0.39, 0.29) is 22.3 Å². The second kappa shape index (κ2) is 9.43. The Morgan fingerprint density at radius 2 is 1.78 bits per heavy atom. The van der Waals surface area contributed by atoms with Gasteiger partial charge in [-0.05, 0) is 29.8 Å². The van der Waals surface area contributed by atoms with E-state index in [1.165, 1.54) is 33.5 Å². The zero-order valence-corrected chi connectivity index (χ0v) is 16.4. The standard InChI is InChI=1S/C18H18Cl2N2O5/c1-25-13-6-4-10(8-14(13)26-2)12(9-16(23)27-3)21-18(24)17-11(19)5-7-15(20)22-17/h4-8,12H,9H2,1-3H3,(H,21,24)/t12-/m0/s1. The summed E-state index contributed by atoms with van der Waals surface area (Å²) < 4.78 is 15.2. The van der Waals surface area contributed by atoms with Crippen LogP contribution in [0.4, 0.5) is 0 Å². The van der Waals surface area contributed by atoms with Crippen molar-refractivity contribution in [2.75, 3.05) is 21.3 Å². The second-order valence-electron chi connectivity index (χ2n) is 5.39. The highest BCUT2D eigenvalue weighted by Crippen LogP contribution is 2.31. The molecule has 1 heterocycles. The van der Waals surface area contributed by atoms with E-state index in [0.29, 0.717) is 17.1 Å². The fourth-order valence-corrected chi connectivity index (χ4v) is 2.71. The molecule has 1 atom stereocenters. The molecule has 1 aromatic carbocycles. The summed E-state index contributed by atoms with van der Waals surface area (Å²) in [6.07, 6.45) is -0.101. The van der Waals surface area contributed by atoms with Gasteiger partial charge in [-0.3, -0.25) is 9.59 Å². The molecule has 0 radical (unpaired) electrons. The summed E-state index contributed by atoms with van der Waals surface area (Å²) in [6, 6.07) is 7.29. The molecule has 0 aliphatic carbocycles. The highest BCUT2D eigenvalue weighted by Gasteiger charge is 2.23. The van der Waals surface area contributed by atoms with Crippen LogP contribution in [-0.4, -0.2) is 38.2 Å². The van der Waals surface area contributed by atoms with Crippen LogP contribution in [0, 0.1) is 0 Å². The fourth-order valence-electron chi connectivity index (χ4n) is 2.38. The van der Waals surface area contributed by atoms with E-state index in [2.05, 4.69) is 10.3 Å². The van der Waals surface area contributed by atoms with Gasteiger partial charge in [-0.2, -0.15) is 0 Å². The van der Waals surface area contributed by atoms with Crippen LogP contribution in [0.3, 0.4) is 0 Å². The molecule has 2 aromatic rings. The molecule has 7 nitrogen and oxygen atoms in total. The summed E-state index contributed by atoms with van der Waals surface area (Å²) in [7, 11) is 4.27. The normalized spacial score (nSPS) is 11.4. The first-order chi connectivity index (χ1) is 12.9. The molecule has 1 N–H and O–H groups in total. The molecule has 9 heteroatoms. The Kier molecular flexibility index (Phi) is 7.27. The molecule has 0 aliphatic rings. The Morgan fingerprint density at radius 1 is 1.07 bits per heavy atom. The zero-order valence-electron chi connectivity index (χ0n) is 14.9. The number of rotatable bonds is 7. The number of methoxy groups -OCH3 is 3. The van der Waals surface area contributed by atoms with Crippen molar-refractivity contribution in [1.29, 1.82) is 0 Å². The van der Waals surface area contributed by atoms with Crippen molar-refractivity contribution in [1.82, 2.24) is 10.3 Å². The lowest BCUT2D eigenvalue weighted by Gasteiger charge is -2.20. The molecule has 0 spiro atoms. The van der Waals surface area contributed by atoms with Gasteiger partial charge in [-0.1, -0.05) is 29.3 Å². The average molecular weight is 413 g/mol. The number of carbonyl (C=O) groups excluding carboxylic acids is 2. The van der Waals surface area contributed by atoms with E-state index in [4.69, 9.17) is 37.4 Å². The van der Waals surface area contributed by atoms with Gasteiger partial charge in [0.25, 0.3) is 5.91 Å². The van der Waals surface area contributed by atoms with Crippen LogP contribution < -0.4 is 14.8 Å². The highest BCUT2D eigenvalue weighted by atomic mass is 35.5. The average Bonchev–Trinajstić information content (AvgIpc) is 2.68. The number of amides is 1. The van der Waals surface area contributed by atoms with Gasteiger partial charge >= 0.3 is 5.97 Å². The summed E-state index contributed by atoms with van der Waals surface area (Å²) in [5.41, 5.74) is 0.573. The minimum absolute atomic E-state index is 0.0421. The Bertz CT molecular complexity index is 844. The largest absolute Gasteiger partial charge is 0.493 e. The van der Waals surface area contributed by atoms with Crippen LogP contribution >= 0.6 is 23.2 Å². The Hall–Kier alpha value is -2.51. The summed E-state index contributed by atoms with van der Waals surface area (Å²) in [5, 5.41) is 2.99. The van der Waals surface area contributed by atoms with E-state index in [0.717, 1.165) is 0 Å². The third kappa shape index (κ3) is 5.24. The van der Waals surface area contributed by atoms with Crippen LogP contribution in [0.15, 0.2) is 30.3 Å². The monoisotopic (exact) mass is 412 g/mol. The van der Waals surface area contributed by atoms with Crippen LogP contribution in [0.1, 0.15) is 28.5 Å². The number of ether oxygens (including phenoxy) is 3. The number of aromatic nitrogens is 1. The first-order valence-corrected chi connectivity index (χ1v) is 8.56. The Balaban J connectivity index is 2.36. The lowest BCUT2D eigenvalue weighted by atomic mass is 10.0. The molecule has 144 valence electrons. The van der Waals surface area contributed by atoms with E-state index in [1.54, 1.807) is 18.2 Å². The second-order valence-corrected chi connectivity index (χ2v) is 6.18. The predicted octanol–water partition coefficient (Wildman–Crippen LogP) is 3.44. The summed E-state index contributed by atoms with van der Waals surface area (Å²) >= 11 is 11.9. The lowest BCUT2D eigenvalue weighted by Crippen LogP contribution is -2.31. The quantitative estimate of drug-likeness (QED) is 0.553.